The number of esters is 1. The molecule has 0 saturated heterocycles. The number of carbonyl (C=O) groups is 1. The fourth-order valence-electron chi connectivity index (χ4n) is 4.85. The predicted molar refractivity (Wildman–Crippen MR) is 129 cm³/mol. The lowest BCUT2D eigenvalue weighted by atomic mass is 9.92. The third-order valence-corrected chi connectivity index (χ3v) is 6.75. The maximum atomic E-state index is 12.7. The van der Waals surface area contributed by atoms with Crippen LogP contribution in [0.15, 0.2) is 60.8 Å². The fraction of sp³-hybridized carbons (Fsp3) is 0.333. The Labute approximate surface area is 199 Å². The molecule has 2 aliphatic heterocycles. The highest BCUT2D eigenvalue weighted by atomic mass is 16.5. The number of rotatable bonds is 4. The van der Waals surface area contributed by atoms with E-state index in [4.69, 9.17) is 9.47 Å². The maximum Gasteiger partial charge on any atom is 0.323 e. The Morgan fingerprint density at radius 2 is 2.00 bits per heavy atom. The lowest BCUT2D eigenvalue weighted by Gasteiger charge is -2.35. The van der Waals surface area contributed by atoms with Gasteiger partial charge in [0, 0.05) is 39.3 Å². The van der Waals surface area contributed by atoms with Gasteiger partial charge in [-0.1, -0.05) is 18.2 Å². The Morgan fingerprint density at radius 1 is 1.18 bits per heavy atom. The number of methoxy groups -OCH3 is 1. The lowest BCUT2D eigenvalue weighted by Crippen LogP contribution is -2.45. The summed E-state index contributed by atoms with van der Waals surface area (Å²) in [5, 5.41) is 9.66. The van der Waals surface area contributed by atoms with Crippen LogP contribution in [0.25, 0.3) is 0 Å². The Bertz CT molecular complexity index is 1170. The van der Waals surface area contributed by atoms with Crippen LogP contribution in [0.2, 0.25) is 0 Å². The molecule has 0 aliphatic carbocycles. The van der Waals surface area contributed by atoms with Gasteiger partial charge in [-0.3, -0.25) is 14.7 Å². The number of carbonyl (C=O) groups excluding carboxylic acids is 1. The van der Waals surface area contributed by atoms with Gasteiger partial charge in [0.05, 0.1) is 18.5 Å². The number of aromatic nitrogens is 1. The first-order valence-electron chi connectivity index (χ1n) is 11.6. The molecule has 0 amide bonds. The van der Waals surface area contributed by atoms with Crippen molar-refractivity contribution in [2.45, 2.75) is 38.1 Å². The summed E-state index contributed by atoms with van der Waals surface area (Å²) in [6.45, 7) is 2.01. The number of phenolic OH excluding ortho intramolecular Hbond substituents is 1. The van der Waals surface area contributed by atoms with Crippen molar-refractivity contribution in [1.29, 1.82) is 0 Å². The molecule has 5 rings (SSSR count). The van der Waals surface area contributed by atoms with E-state index in [1.807, 2.05) is 30.3 Å². The molecule has 7 heteroatoms. The van der Waals surface area contributed by atoms with E-state index in [1.165, 1.54) is 7.11 Å². The third kappa shape index (κ3) is 4.43. The number of hydrogen-bond donors (Lipinski definition) is 1. The zero-order valence-electron chi connectivity index (χ0n) is 19.5. The van der Waals surface area contributed by atoms with Crippen LogP contribution in [0.1, 0.15) is 34.9 Å². The number of pyridine rings is 1. The van der Waals surface area contributed by atoms with E-state index in [2.05, 4.69) is 34.0 Å². The van der Waals surface area contributed by atoms with E-state index in [0.717, 1.165) is 46.8 Å². The molecular formula is C27H29N3O4. The van der Waals surface area contributed by atoms with Crippen LogP contribution >= 0.6 is 0 Å². The number of hydrogen-bond acceptors (Lipinski definition) is 7. The number of aromatic hydroxyl groups is 1. The van der Waals surface area contributed by atoms with Gasteiger partial charge in [0.1, 0.15) is 23.6 Å². The van der Waals surface area contributed by atoms with Gasteiger partial charge >= 0.3 is 5.97 Å². The van der Waals surface area contributed by atoms with Crippen molar-refractivity contribution < 1.29 is 19.4 Å². The number of fused-ring (bicyclic) bond motifs is 2. The quantitative estimate of drug-likeness (QED) is 0.594. The van der Waals surface area contributed by atoms with Crippen LogP contribution in [0, 0.1) is 0 Å². The molecule has 3 aromatic rings. The molecule has 176 valence electrons. The average Bonchev–Trinajstić information content (AvgIpc) is 3.01. The topological polar surface area (TPSA) is 75.1 Å². The first-order valence-corrected chi connectivity index (χ1v) is 11.6. The minimum atomic E-state index is -0.362. The summed E-state index contributed by atoms with van der Waals surface area (Å²) in [7, 11) is 3.51. The van der Waals surface area contributed by atoms with Crippen molar-refractivity contribution in [2.75, 3.05) is 25.6 Å². The van der Waals surface area contributed by atoms with E-state index >= 15 is 0 Å². The van der Waals surface area contributed by atoms with Gasteiger partial charge in [0.15, 0.2) is 0 Å². The highest BCUT2D eigenvalue weighted by Gasteiger charge is 2.34. The second-order valence-electron chi connectivity index (χ2n) is 8.97. The third-order valence-electron chi connectivity index (χ3n) is 6.75. The molecule has 1 aromatic heterocycles. The van der Waals surface area contributed by atoms with Gasteiger partial charge in [-0.2, -0.15) is 0 Å². The molecule has 2 atom stereocenters. The predicted octanol–water partition coefficient (Wildman–Crippen LogP) is 3.85. The number of nitrogens with zero attached hydrogens (tertiary/aromatic N) is 3. The van der Waals surface area contributed by atoms with Crippen molar-refractivity contribution in [3.05, 3.63) is 83.2 Å². The van der Waals surface area contributed by atoms with Gasteiger partial charge in [-0.25, -0.2) is 0 Å². The van der Waals surface area contributed by atoms with Crippen LogP contribution in [0.5, 0.6) is 11.5 Å². The normalized spacial score (nSPS) is 20.0. The molecule has 0 bridgehead atoms. The number of ether oxygens (including phenoxy) is 2. The minimum absolute atomic E-state index is 0.0987. The number of anilines is 1. The second kappa shape index (κ2) is 9.35. The van der Waals surface area contributed by atoms with Crippen LogP contribution in [0.3, 0.4) is 0 Å². The van der Waals surface area contributed by atoms with Gasteiger partial charge in [-0.05, 0) is 59.5 Å². The Kier molecular flexibility index (Phi) is 6.11. The smallest absolute Gasteiger partial charge is 0.323 e. The van der Waals surface area contributed by atoms with Crippen molar-refractivity contribution in [3.63, 3.8) is 0 Å². The molecule has 3 heterocycles. The summed E-state index contributed by atoms with van der Waals surface area (Å²) in [4.78, 5) is 21.5. The maximum absolute atomic E-state index is 12.7. The lowest BCUT2D eigenvalue weighted by molar-refractivity contribution is -0.148. The van der Waals surface area contributed by atoms with Crippen molar-refractivity contribution in [2.24, 2.45) is 0 Å². The van der Waals surface area contributed by atoms with Gasteiger partial charge in [0.2, 0.25) is 0 Å². The van der Waals surface area contributed by atoms with Crippen LogP contribution in [-0.4, -0.2) is 47.7 Å². The number of benzene rings is 2. The molecule has 0 spiro atoms. The van der Waals surface area contributed by atoms with Crippen molar-refractivity contribution in [1.82, 2.24) is 9.88 Å². The zero-order chi connectivity index (χ0) is 23.7. The van der Waals surface area contributed by atoms with E-state index < -0.39 is 0 Å². The summed E-state index contributed by atoms with van der Waals surface area (Å²) in [5.41, 5.74) is 5.28. The zero-order valence-corrected chi connectivity index (χ0v) is 19.5. The SMILES string of the molecule is COC(=O)[C@@H]1Cc2cc3c(cc2CN1Cc1ccccn1)OC(c1ccc(O)cc1)CCN3C. The van der Waals surface area contributed by atoms with Gasteiger partial charge < -0.3 is 19.5 Å². The average molecular weight is 460 g/mol. The molecule has 0 saturated carbocycles. The molecule has 2 aliphatic rings. The van der Waals surface area contributed by atoms with E-state index in [9.17, 15) is 9.90 Å². The van der Waals surface area contributed by atoms with Crippen LogP contribution < -0.4 is 9.64 Å². The van der Waals surface area contributed by atoms with Crippen molar-refractivity contribution in [3.8, 4) is 11.5 Å². The highest BCUT2D eigenvalue weighted by Crippen LogP contribution is 2.41. The summed E-state index contributed by atoms with van der Waals surface area (Å²) in [6, 6.07) is 17.0. The molecule has 1 N–H and O–H groups in total. The molecular weight excluding hydrogens is 430 g/mol. The van der Waals surface area contributed by atoms with Crippen molar-refractivity contribution >= 4 is 11.7 Å². The van der Waals surface area contributed by atoms with Gasteiger partial charge in [0.25, 0.3) is 0 Å². The summed E-state index contributed by atoms with van der Waals surface area (Å²) in [6.07, 6.45) is 3.08. The summed E-state index contributed by atoms with van der Waals surface area (Å²) < 4.78 is 11.7. The van der Waals surface area contributed by atoms with E-state index in [0.29, 0.717) is 19.5 Å². The van der Waals surface area contributed by atoms with Gasteiger partial charge in [-0.15, -0.1) is 0 Å². The number of phenols is 1. The molecule has 7 nitrogen and oxygen atoms in total. The van der Waals surface area contributed by atoms with Crippen LogP contribution in [-0.2, 0) is 29.0 Å². The minimum Gasteiger partial charge on any atom is -0.508 e. The van der Waals surface area contributed by atoms with Crippen LogP contribution in [0.4, 0.5) is 5.69 Å². The first-order chi connectivity index (χ1) is 16.5. The Balaban J connectivity index is 1.47. The molecule has 0 radical (unpaired) electrons. The van der Waals surface area contributed by atoms with E-state index in [1.54, 1.807) is 18.3 Å². The molecule has 2 aromatic carbocycles. The highest BCUT2D eigenvalue weighted by molar-refractivity contribution is 5.77. The monoisotopic (exact) mass is 459 g/mol. The summed E-state index contributed by atoms with van der Waals surface area (Å²) >= 11 is 0. The molecule has 34 heavy (non-hydrogen) atoms. The first kappa shape index (κ1) is 22.2. The Hall–Kier alpha value is -3.58. The standard InChI is InChI=1S/C27H29N3O4/c1-29-12-10-25(18-6-8-22(31)9-7-18)34-26-15-20-16-30(17-21-5-3-4-11-28-21)24(27(32)33-2)14-19(20)13-23(26)29/h3-9,11,13,15,24-25,31H,10,12,14,16-17H2,1-2H3/t24-,25?/m0/s1. The second-order valence-corrected chi connectivity index (χ2v) is 8.97. The fourth-order valence-corrected chi connectivity index (χ4v) is 4.85. The Morgan fingerprint density at radius 3 is 2.74 bits per heavy atom. The largest absolute Gasteiger partial charge is 0.508 e. The summed E-state index contributed by atoms with van der Waals surface area (Å²) in [5.74, 6) is 0.858. The van der Waals surface area contributed by atoms with E-state index in [-0.39, 0.29) is 23.9 Å². The molecule has 1 unspecified atom stereocenters. The molecule has 0 fully saturated rings.